The molecule has 1 aliphatic heterocycles. The molecule has 0 amide bonds. The Morgan fingerprint density at radius 1 is 1.11 bits per heavy atom. The molecule has 0 aromatic carbocycles. The van der Waals surface area contributed by atoms with Crippen LogP contribution in [0.2, 0.25) is 0 Å². The predicted molar refractivity (Wildman–Crippen MR) is 80.4 cm³/mol. The normalized spacial score (nSPS) is 34.4. The Balaban J connectivity index is 1.85. The zero-order valence-corrected chi connectivity index (χ0v) is 13.2. The van der Waals surface area contributed by atoms with Gasteiger partial charge in [0.05, 0.1) is 13.2 Å². The van der Waals surface area contributed by atoms with Gasteiger partial charge in [-0.2, -0.15) is 0 Å². The Labute approximate surface area is 119 Å². The Kier molecular flexibility index (Phi) is 5.27. The van der Waals surface area contributed by atoms with E-state index in [1.165, 1.54) is 19.3 Å². The minimum absolute atomic E-state index is 0.237. The molecule has 0 radical (unpaired) electrons. The lowest BCUT2D eigenvalue weighted by Gasteiger charge is -2.43. The van der Waals surface area contributed by atoms with Crippen LogP contribution in [-0.2, 0) is 4.74 Å². The van der Waals surface area contributed by atoms with E-state index in [1.807, 2.05) is 0 Å². The molecule has 1 N–H and O–H groups in total. The van der Waals surface area contributed by atoms with Crippen molar-refractivity contribution in [2.45, 2.75) is 58.5 Å². The van der Waals surface area contributed by atoms with Crippen LogP contribution in [0.1, 0.15) is 47.0 Å². The van der Waals surface area contributed by atoms with E-state index in [-0.39, 0.29) is 5.54 Å². The second kappa shape index (κ2) is 6.55. The fourth-order valence-electron chi connectivity index (χ4n) is 3.73. The second-order valence-electron chi connectivity index (χ2n) is 7.20. The Morgan fingerprint density at radius 2 is 1.68 bits per heavy atom. The van der Waals surface area contributed by atoms with E-state index in [1.54, 1.807) is 0 Å². The summed E-state index contributed by atoms with van der Waals surface area (Å²) in [7, 11) is 0. The molecule has 0 spiro atoms. The van der Waals surface area contributed by atoms with Gasteiger partial charge in [-0.15, -0.1) is 0 Å². The SMILES string of the molecule is CC1CCCC(C)C1NCC(C)(C)N1CCOCC1. The molecule has 1 saturated carbocycles. The van der Waals surface area contributed by atoms with Gasteiger partial charge >= 0.3 is 0 Å². The summed E-state index contributed by atoms with van der Waals surface area (Å²) in [6, 6.07) is 0.703. The van der Waals surface area contributed by atoms with Gasteiger partial charge in [0.15, 0.2) is 0 Å². The smallest absolute Gasteiger partial charge is 0.0594 e. The van der Waals surface area contributed by atoms with Crippen molar-refractivity contribution in [3.63, 3.8) is 0 Å². The van der Waals surface area contributed by atoms with Crippen molar-refractivity contribution < 1.29 is 4.74 Å². The van der Waals surface area contributed by atoms with Crippen LogP contribution < -0.4 is 5.32 Å². The van der Waals surface area contributed by atoms with Gasteiger partial charge in [0.25, 0.3) is 0 Å². The summed E-state index contributed by atoms with van der Waals surface area (Å²) >= 11 is 0. The van der Waals surface area contributed by atoms with Crippen LogP contribution in [0.15, 0.2) is 0 Å². The van der Waals surface area contributed by atoms with Crippen LogP contribution in [-0.4, -0.2) is 49.3 Å². The molecular weight excluding hydrogens is 236 g/mol. The Hall–Kier alpha value is -0.120. The number of nitrogens with one attached hydrogen (secondary N) is 1. The van der Waals surface area contributed by atoms with E-state index in [4.69, 9.17) is 4.74 Å². The van der Waals surface area contributed by atoms with Crippen molar-refractivity contribution in [3.05, 3.63) is 0 Å². The molecule has 0 aromatic rings. The number of hydrogen-bond acceptors (Lipinski definition) is 3. The third-order valence-electron chi connectivity index (χ3n) is 5.18. The summed E-state index contributed by atoms with van der Waals surface area (Å²) in [6.07, 6.45) is 4.19. The molecule has 1 heterocycles. The predicted octanol–water partition coefficient (Wildman–Crippen LogP) is 2.51. The third kappa shape index (κ3) is 3.93. The molecule has 2 fully saturated rings. The second-order valence-corrected chi connectivity index (χ2v) is 7.20. The first kappa shape index (κ1) is 15.3. The molecule has 2 rings (SSSR count). The first-order valence-corrected chi connectivity index (χ1v) is 8.07. The summed E-state index contributed by atoms with van der Waals surface area (Å²) in [6.45, 7) is 14.6. The molecule has 2 unspecified atom stereocenters. The number of hydrogen-bond donors (Lipinski definition) is 1. The van der Waals surface area contributed by atoms with Crippen LogP contribution in [0.5, 0.6) is 0 Å². The number of rotatable bonds is 4. The molecule has 0 aromatic heterocycles. The summed E-state index contributed by atoms with van der Waals surface area (Å²) in [4.78, 5) is 2.57. The molecule has 1 aliphatic carbocycles. The van der Waals surface area contributed by atoms with Gasteiger partial charge < -0.3 is 10.1 Å². The van der Waals surface area contributed by atoms with E-state index in [9.17, 15) is 0 Å². The molecular formula is C16H32N2O. The van der Waals surface area contributed by atoms with E-state index in [0.717, 1.165) is 44.7 Å². The van der Waals surface area contributed by atoms with Crippen LogP contribution in [0.25, 0.3) is 0 Å². The van der Waals surface area contributed by atoms with Gasteiger partial charge in [0.2, 0.25) is 0 Å². The maximum absolute atomic E-state index is 5.46. The number of morpholine rings is 1. The molecule has 19 heavy (non-hydrogen) atoms. The van der Waals surface area contributed by atoms with Crippen molar-refractivity contribution in [3.8, 4) is 0 Å². The van der Waals surface area contributed by atoms with Gasteiger partial charge in [-0.05, 0) is 38.5 Å². The van der Waals surface area contributed by atoms with Crippen LogP contribution >= 0.6 is 0 Å². The first-order chi connectivity index (χ1) is 9.00. The van der Waals surface area contributed by atoms with E-state index >= 15 is 0 Å². The van der Waals surface area contributed by atoms with Crippen molar-refractivity contribution in [2.75, 3.05) is 32.8 Å². The zero-order valence-electron chi connectivity index (χ0n) is 13.2. The van der Waals surface area contributed by atoms with Gasteiger partial charge in [-0.3, -0.25) is 4.90 Å². The standard InChI is InChI=1S/C16H32N2O/c1-13-6-5-7-14(2)15(13)17-12-16(3,4)18-8-10-19-11-9-18/h13-15,17H,5-12H2,1-4H3. The zero-order chi connectivity index (χ0) is 13.9. The quantitative estimate of drug-likeness (QED) is 0.848. The van der Waals surface area contributed by atoms with Crippen molar-refractivity contribution in [1.82, 2.24) is 10.2 Å². The maximum atomic E-state index is 5.46. The summed E-state index contributed by atoms with van der Waals surface area (Å²) in [5, 5.41) is 3.88. The average molecular weight is 268 g/mol. The average Bonchev–Trinajstić information content (AvgIpc) is 2.39. The van der Waals surface area contributed by atoms with Gasteiger partial charge in [0, 0.05) is 31.2 Å². The van der Waals surface area contributed by atoms with Crippen LogP contribution in [0.4, 0.5) is 0 Å². The lowest BCUT2D eigenvalue weighted by molar-refractivity contribution is -0.0120. The largest absolute Gasteiger partial charge is 0.379 e. The summed E-state index contributed by atoms with van der Waals surface area (Å²) in [5.41, 5.74) is 0.237. The molecule has 2 aliphatic rings. The number of nitrogens with zero attached hydrogens (tertiary/aromatic N) is 1. The molecule has 112 valence electrons. The minimum atomic E-state index is 0.237. The van der Waals surface area contributed by atoms with Crippen molar-refractivity contribution in [1.29, 1.82) is 0 Å². The number of ether oxygens (including phenoxy) is 1. The molecule has 3 nitrogen and oxygen atoms in total. The highest BCUT2D eigenvalue weighted by Crippen LogP contribution is 2.29. The summed E-state index contributed by atoms with van der Waals surface area (Å²) < 4.78 is 5.46. The topological polar surface area (TPSA) is 24.5 Å². The van der Waals surface area contributed by atoms with Crippen molar-refractivity contribution in [2.24, 2.45) is 11.8 Å². The van der Waals surface area contributed by atoms with E-state index < -0.39 is 0 Å². The fourth-order valence-corrected chi connectivity index (χ4v) is 3.73. The molecule has 3 heteroatoms. The lowest BCUT2D eigenvalue weighted by Crippen LogP contribution is -2.57. The van der Waals surface area contributed by atoms with Gasteiger partial charge in [-0.25, -0.2) is 0 Å². The lowest BCUT2D eigenvalue weighted by atomic mass is 9.78. The summed E-state index contributed by atoms with van der Waals surface area (Å²) in [5.74, 6) is 1.65. The maximum Gasteiger partial charge on any atom is 0.0594 e. The highest BCUT2D eigenvalue weighted by Gasteiger charge is 2.32. The molecule has 2 atom stereocenters. The first-order valence-electron chi connectivity index (χ1n) is 8.07. The Morgan fingerprint density at radius 3 is 2.26 bits per heavy atom. The highest BCUT2D eigenvalue weighted by atomic mass is 16.5. The van der Waals surface area contributed by atoms with Crippen LogP contribution in [0, 0.1) is 11.8 Å². The van der Waals surface area contributed by atoms with Crippen LogP contribution in [0.3, 0.4) is 0 Å². The van der Waals surface area contributed by atoms with Crippen molar-refractivity contribution >= 4 is 0 Å². The van der Waals surface area contributed by atoms with Gasteiger partial charge in [-0.1, -0.05) is 20.3 Å². The third-order valence-corrected chi connectivity index (χ3v) is 5.18. The fraction of sp³-hybridized carbons (Fsp3) is 1.00. The van der Waals surface area contributed by atoms with E-state index in [2.05, 4.69) is 37.9 Å². The Bertz CT molecular complexity index is 264. The molecule has 0 bridgehead atoms. The minimum Gasteiger partial charge on any atom is -0.379 e. The monoisotopic (exact) mass is 268 g/mol. The highest BCUT2D eigenvalue weighted by molar-refractivity contribution is 4.90. The molecule has 1 saturated heterocycles. The van der Waals surface area contributed by atoms with E-state index in [0.29, 0.717) is 6.04 Å². The van der Waals surface area contributed by atoms with Gasteiger partial charge in [0.1, 0.15) is 0 Å².